The molecular formula is C15H15N3O3S. The zero-order chi connectivity index (χ0) is 15.9. The number of sulfonamides is 1. The third kappa shape index (κ3) is 2.44. The lowest BCUT2D eigenvalue weighted by Crippen LogP contribution is -2.22. The maximum Gasteiger partial charge on any atom is 0.242 e. The summed E-state index contributed by atoms with van der Waals surface area (Å²) in [5.74, 6) is 0.800. The molecule has 3 aromatic rings. The molecular weight excluding hydrogens is 302 g/mol. The van der Waals surface area contributed by atoms with Crippen molar-refractivity contribution in [1.29, 1.82) is 0 Å². The van der Waals surface area contributed by atoms with Gasteiger partial charge in [-0.2, -0.15) is 0 Å². The van der Waals surface area contributed by atoms with Gasteiger partial charge in [-0.15, -0.1) is 0 Å². The van der Waals surface area contributed by atoms with Crippen LogP contribution in [0, 0.1) is 0 Å². The summed E-state index contributed by atoms with van der Waals surface area (Å²) in [6, 6.07) is 11.4. The van der Waals surface area contributed by atoms with Crippen molar-refractivity contribution in [2.75, 3.05) is 14.1 Å². The van der Waals surface area contributed by atoms with E-state index in [4.69, 9.17) is 0 Å². The van der Waals surface area contributed by atoms with Crippen molar-refractivity contribution >= 4 is 21.1 Å². The second kappa shape index (κ2) is 5.11. The normalized spacial score (nSPS) is 12.1. The third-order valence-corrected chi connectivity index (χ3v) is 5.18. The molecule has 6 nitrogen and oxygen atoms in total. The third-order valence-electron chi connectivity index (χ3n) is 3.37. The molecule has 0 saturated carbocycles. The van der Waals surface area contributed by atoms with Gasteiger partial charge in [0.2, 0.25) is 10.0 Å². The zero-order valence-electron chi connectivity index (χ0n) is 12.1. The Morgan fingerprint density at radius 3 is 2.41 bits per heavy atom. The van der Waals surface area contributed by atoms with Gasteiger partial charge in [-0.3, -0.25) is 0 Å². The number of aromatic amines is 1. The van der Waals surface area contributed by atoms with E-state index in [0.717, 1.165) is 5.56 Å². The van der Waals surface area contributed by atoms with Gasteiger partial charge >= 0.3 is 0 Å². The molecule has 0 bridgehead atoms. The highest BCUT2D eigenvalue weighted by molar-refractivity contribution is 7.89. The second-order valence-corrected chi connectivity index (χ2v) is 7.25. The first-order chi connectivity index (χ1) is 10.4. The Morgan fingerprint density at radius 1 is 1.09 bits per heavy atom. The summed E-state index contributed by atoms with van der Waals surface area (Å²) < 4.78 is 25.5. The molecule has 0 aliphatic heterocycles. The molecule has 0 fully saturated rings. The maximum absolute atomic E-state index is 12.2. The van der Waals surface area contributed by atoms with Gasteiger partial charge in [0.1, 0.15) is 11.6 Å². The molecule has 22 heavy (non-hydrogen) atoms. The van der Waals surface area contributed by atoms with Crippen molar-refractivity contribution in [1.82, 2.24) is 14.3 Å². The minimum atomic E-state index is -3.48. The number of nitrogens with zero attached hydrogens (tertiary/aromatic N) is 2. The molecule has 0 radical (unpaired) electrons. The predicted molar refractivity (Wildman–Crippen MR) is 84.1 cm³/mol. The molecule has 0 spiro atoms. The van der Waals surface area contributed by atoms with Crippen LogP contribution in [0.15, 0.2) is 47.4 Å². The highest BCUT2D eigenvalue weighted by atomic mass is 32.2. The molecule has 0 atom stereocenters. The van der Waals surface area contributed by atoms with E-state index in [2.05, 4.69) is 9.97 Å². The fourth-order valence-corrected chi connectivity index (χ4v) is 3.04. The summed E-state index contributed by atoms with van der Waals surface area (Å²) in [5.41, 5.74) is 2.14. The smallest absolute Gasteiger partial charge is 0.242 e. The summed E-state index contributed by atoms with van der Waals surface area (Å²) >= 11 is 0. The van der Waals surface area contributed by atoms with Gasteiger partial charge in [-0.25, -0.2) is 17.7 Å². The Morgan fingerprint density at radius 2 is 1.77 bits per heavy atom. The van der Waals surface area contributed by atoms with Crippen molar-refractivity contribution in [3.8, 4) is 17.1 Å². The van der Waals surface area contributed by atoms with Gasteiger partial charge < -0.3 is 10.1 Å². The van der Waals surface area contributed by atoms with E-state index in [-0.39, 0.29) is 10.6 Å². The second-order valence-electron chi connectivity index (χ2n) is 5.10. The SMILES string of the molecule is CN(C)S(=O)(=O)c1ccc2nc(-c3ccc(O)cc3)[nH]c2c1. The number of aromatic hydroxyl groups is 1. The van der Waals surface area contributed by atoms with Crippen LogP contribution in [0.1, 0.15) is 0 Å². The number of phenols is 1. The van der Waals surface area contributed by atoms with E-state index in [1.54, 1.807) is 42.5 Å². The summed E-state index contributed by atoms with van der Waals surface area (Å²) in [6.45, 7) is 0. The number of nitrogens with one attached hydrogen (secondary N) is 1. The van der Waals surface area contributed by atoms with E-state index in [9.17, 15) is 13.5 Å². The Labute approximate surface area is 128 Å². The summed E-state index contributed by atoms with van der Waals surface area (Å²) in [7, 11) is -0.488. The van der Waals surface area contributed by atoms with Crippen LogP contribution < -0.4 is 0 Å². The fraction of sp³-hybridized carbons (Fsp3) is 0.133. The molecule has 2 aromatic carbocycles. The average Bonchev–Trinajstić information content (AvgIpc) is 2.90. The lowest BCUT2D eigenvalue weighted by atomic mass is 10.2. The van der Waals surface area contributed by atoms with Crippen molar-refractivity contribution in [3.63, 3.8) is 0 Å². The molecule has 114 valence electrons. The van der Waals surface area contributed by atoms with Crippen LogP contribution in [0.5, 0.6) is 5.75 Å². The minimum Gasteiger partial charge on any atom is -0.508 e. The van der Waals surface area contributed by atoms with Gasteiger partial charge in [0.15, 0.2) is 0 Å². The molecule has 1 aromatic heterocycles. The van der Waals surface area contributed by atoms with Crippen LogP contribution in [-0.2, 0) is 10.0 Å². The molecule has 3 rings (SSSR count). The Hall–Kier alpha value is -2.38. The standard InChI is InChI=1S/C15H15N3O3S/c1-18(2)22(20,21)12-7-8-13-14(9-12)17-15(16-13)10-3-5-11(19)6-4-10/h3-9,19H,1-2H3,(H,16,17). The van der Waals surface area contributed by atoms with E-state index in [1.807, 2.05) is 0 Å². The number of fused-ring (bicyclic) bond motifs is 1. The molecule has 0 unspecified atom stereocenters. The number of aromatic nitrogens is 2. The van der Waals surface area contributed by atoms with Crippen molar-refractivity contribution in [3.05, 3.63) is 42.5 Å². The largest absolute Gasteiger partial charge is 0.508 e. The first-order valence-electron chi connectivity index (χ1n) is 6.59. The van der Waals surface area contributed by atoms with Crippen LogP contribution in [0.4, 0.5) is 0 Å². The van der Waals surface area contributed by atoms with E-state index < -0.39 is 10.0 Å². The molecule has 0 aliphatic carbocycles. The number of rotatable bonds is 3. The Balaban J connectivity index is 2.09. The number of hydrogen-bond donors (Lipinski definition) is 2. The van der Waals surface area contributed by atoms with Crippen LogP contribution in [0.2, 0.25) is 0 Å². The van der Waals surface area contributed by atoms with Crippen LogP contribution in [-0.4, -0.2) is 41.9 Å². The summed E-state index contributed by atoms with van der Waals surface area (Å²) in [6.07, 6.45) is 0. The van der Waals surface area contributed by atoms with E-state index in [0.29, 0.717) is 16.9 Å². The van der Waals surface area contributed by atoms with Gasteiger partial charge in [-0.1, -0.05) is 0 Å². The Kier molecular flexibility index (Phi) is 3.38. The number of hydrogen-bond acceptors (Lipinski definition) is 4. The van der Waals surface area contributed by atoms with E-state index in [1.165, 1.54) is 18.4 Å². The maximum atomic E-state index is 12.2. The first-order valence-corrected chi connectivity index (χ1v) is 8.03. The molecule has 2 N–H and O–H groups in total. The molecule has 0 amide bonds. The molecule has 0 saturated heterocycles. The van der Waals surface area contributed by atoms with Gasteiger partial charge in [0.05, 0.1) is 15.9 Å². The van der Waals surface area contributed by atoms with Crippen LogP contribution in [0.25, 0.3) is 22.4 Å². The topological polar surface area (TPSA) is 86.3 Å². The fourth-order valence-electron chi connectivity index (χ4n) is 2.12. The number of benzene rings is 2. The number of phenolic OH excluding ortho intramolecular Hbond substituents is 1. The molecule has 7 heteroatoms. The summed E-state index contributed by atoms with van der Waals surface area (Å²) in [4.78, 5) is 7.76. The van der Waals surface area contributed by atoms with E-state index >= 15 is 0 Å². The zero-order valence-corrected chi connectivity index (χ0v) is 12.9. The summed E-state index contributed by atoms with van der Waals surface area (Å²) in [5, 5.41) is 9.32. The van der Waals surface area contributed by atoms with Crippen LogP contribution in [0.3, 0.4) is 0 Å². The lowest BCUT2D eigenvalue weighted by molar-refractivity contribution is 0.475. The minimum absolute atomic E-state index is 0.180. The lowest BCUT2D eigenvalue weighted by Gasteiger charge is -2.10. The average molecular weight is 317 g/mol. The van der Waals surface area contributed by atoms with Gasteiger partial charge in [0, 0.05) is 19.7 Å². The predicted octanol–water partition coefficient (Wildman–Crippen LogP) is 2.19. The monoisotopic (exact) mass is 317 g/mol. The molecule has 1 heterocycles. The highest BCUT2D eigenvalue weighted by Gasteiger charge is 2.18. The Bertz CT molecular complexity index is 928. The molecule has 0 aliphatic rings. The number of imidazole rings is 1. The quantitative estimate of drug-likeness (QED) is 0.775. The first kappa shape index (κ1) is 14.6. The van der Waals surface area contributed by atoms with Crippen molar-refractivity contribution < 1.29 is 13.5 Å². The van der Waals surface area contributed by atoms with Crippen molar-refractivity contribution in [2.24, 2.45) is 0 Å². The van der Waals surface area contributed by atoms with Crippen molar-refractivity contribution in [2.45, 2.75) is 4.90 Å². The highest BCUT2D eigenvalue weighted by Crippen LogP contribution is 2.24. The van der Waals surface area contributed by atoms with Gasteiger partial charge in [-0.05, 0) is 42.5 Å². The number of H-pyrrole nitrogens is 1. The van der Waals surface area contributed by atoms with Crippen LogP contribution >= 0.6 is 0 Å². The van der Waals surface area contributed by atoms with Gasteiger partial charge in [0.25, 0.3) is 0 Å².